The third-order valence-corrected chi connectivity index (χ3v) is 5.98. The number of rotatable bonds is 2. The molecule has 0 saturated carbocycles. The Bertz CT molecular complexity index is 900. The number of anilines is 1. The second kappa shape index (κ2) is 6.88. The minimum absolute atomic E-state index is 0.0638. The Morgan fingerprint density at radius 3 is 2.73 bits per heavy atom. The summed E-state index contributed by atoms with van der Waals surface area (Å²) in [6, 6.07) is 5.65. The zero-order valence-corrected chi connectivity index (χ0v) is 15.5. The lowest BCUT2D eigenvalue weighted by atomic mass is 9.83. The molecule has 0 unspecified atom stereocenters. The lowest BCUT2D eigenvalue weighted by Crippen LogP contribution is -2.51. The fourth-order valence-corrected chi connectivity index (χ4v) is 4.59. The van der Waals surface area contributed by atoms with Gasteiger partial charge in [-0.15, -0.1) is 0 Å². The Morgan fingerprint density at radius 2 is 1.88 bits per heavy atom. The van der Waals surface area contributed by atoms with Gasteiger partial charge < -0.3 is 9.73 Å². The zero-order chi connectivity index (χ0) is 18.3. The first kappa shape index (κ1) is 17.3. The molecule has 2 aliphatic rings. The Labute approximate surface area is 153 Å². The first-order valence-corrected chi connectivity index (χ1v) is 9.63. The molecule has 5 heteroatoms. The Hall–Kier alpha value is -2.14. The van der Waals surface area contributed by atoms with E-state index in [1.165, 1.54) is 18.9 Å². The number of hydrogen-bond donors (Lipinski definition) is 1. The van der Waals surface area contributed by atoms with Gasteiger partial charge in [-0.1, -0.05) is 6.42 Å². The molecule has 2 aliphatic heterocycles. The van der Waals surface area contributed by atoms with E-state index in [-0.39, 0.29) is 17.5 Å². The summed E-state index contributed by atoms with van der Waals surface area (Å²) in [7, 11) is 0. The maximum atomic E-state index is 13.0. The minimum Gasteiger partial charge on any atom is -0.423 e. The molecule has 2 aromatic rings. The smallest absolute Gasteiger partial charge is 0.336 e. The van der Waals surface area contributed by atoms with Crippen LogP contribution < -0.4 is 10.9 Å². The van der Waals surface area contributed by atoms with E-state index in [1.807, 2.05) is 26.0 Å². The van der Waals surface area contributed by atoms with Crippen LogP contribution in [0.2, 0.25) is 0 Å². The molecule has 3 heterocycles. The minimum atomic E-state index is -0.342. The Morgan fingerprint density at radius 1 is 1.08 bits per heavy atom. The highest BCUT2D eigenvalue weighted by molar-refractivity contribution is 5.96. The number of carbonyl (C=O) groups excluding carboxylic acids is 1. The molecular weight excluding hydrogens is 328 g/mol. The summed E-state index contributed by atoms with van der Waals surface area (Å²) in [5.74, 6) is 0.188. The molecule has 1 N–H and O–H groups in total. The van der Waals surface area contributed by atoms with Gasteiger partial charge in [0.05, 0.1) is 5.92 Å². The van der Waals surface area contributed by atoms with Crippen LogP contribution in [0.5, 0.6) is 0 Å². The molecule has 1 aromatic heterocycles. The molecule has 1 aromatic carbocycles. The molecule has 4 rings (SSSR count). The molecule has 26 heavy (non-hydrogen) atoms. The van der Waals surface area contributed by atoms with Crippen LogP contribution in [0, 0.1) is 19.8 Å². The summed E-state index contributed by atoms with van der Waals surface area (Å²) in [4.78, 5) is 27.1. The van der Waals surface area contributed by atoms with E-state index in [1.54, 1.807) is 0 Å². The fourth-order valence-electron chi connectivity index (χ4n) is 4.59. The van der Waals surface area contributed by atoms with E-state index in [0.29, 0.717) is 11.6 Å². The van der Waals surface area contributed by atoms with Gasteiger partial charge in [0.15, 0.2) is 0 Å². The lowest BCUT2D eigenvalue weighted by Gasteiger charge is -2.43. The van der Waals surface area contributed by atoms with Crippen molar-refractivity contribution in [3.05, 3.63) is 39.7 Å². The van der Waals surface area contributed by atoms with Crippen LogP contribution in [-0.2, 0) is 4.79 Å². The van der Waals surface area contributed by atoms with Crippen molar-refractivity contribution in [1.29, 1.82) is 0 Å². The van der Waals surface area contributed by atoms with Gasteiger partial charge >= 0.3 is 5.63 Å². The lowest BCUT2D eigenvalue weighted by molar-refractivity contribution is -0.124. The van der Waals surface area contributed by atoms with Crippen molar-refractivity contribution < 1.29 is 9.21 Å². The SMILES string of the molecule is Cc1cc2oc(=O)cc(C)c2cc1NC(=O)[C@@H]1CCCN2CCCC[C@H]12. The van der Waals surface area contributed by atoms with Gasteiger partial charge in [-0.05, 0) is 75.9 Å². The largest absolute Gasteiger partial charge is 0.423 e. The fraction of sp³-hybridized carbons (Fsp3) is 0.524. The van der Waals surface area contributed by atoms with Crippen LogP contribution in [0.15, 0.2) is 27.4 Å². The van der Waals surface area contributed by atoms with E-state index in [2.05, 4.69) is 10.2 Å². The highest BCUT2D eigenvalue weighted by Gasteiger charge is 2.37. The summed E-state index contributed by atoms with van der Waals surface area (Å²) < 4.78 is 5.30. The standard InChI is InChI=1S/C21H26N2O3/c1-13-11-20(24)26-19-10-14(2)17(12-16(13)19)22-21(25)15-6-5-9-23-8-4-3-7-18(15)23/h10-12,15,18H,3-9H2,1-2H3,(H,22,25)/t15-,18-/m1/s1. The van der Waals surface area contributed by atoms with Crippen molar-refractivity contribution in [2.24, 2.45) is 5.92 Å². The molecule has 0 spiro atoms. The average molecular weight is 354 g/mol. The van der Waals surface area contributed by atoms with Gasteiger partial charge in [-0.2, -0.15) is 0 Å². The van der Waals surface area contributed by atoms with E-state index in [4.69, 9.17) is 4.42 Å². The molecule has 138 valence electrons. The van der Waals surface area contributed by atoms with Crippen LogP contribution in [0.25, 0.3) is 11.0 Å². The average Bonchev–Trinajstić information content (AvgIpc) is 2.62. The quantitative estimate of drug-likeness (QED) is 0.837. The molecule has 5 nitrogen and oxygen atoms in total. The molecular formula is C21H26N2O3. The molecule has 2 atom stereocenters. The monoisotopic (exact) mass is 354 g/mol. The van der Waals surface area contributed by atoms with Crippen LogP contribution in [0.3, 0.4) is 0 Å². The third-order valence-electron chi connectivity index (χ3n) is 5.98. The second-order valence-electron chi connectivity index (χ2n) is 7.75. The number of hydrogen-bond acceptors (Lipinski definition) is 4. The van der Waals surface area contributed by atoms with Gasteiger partial charge in [0.1, 0.15) is 5.58 Å². The van der Waals surface area contributed by atoms with E-state index < -0.39 is 0 Å². The Kier molecular flexibility index (Phi) is 4.57. The van der Waals surface area contributed by atoms with Crippen molar-refractivity contribution in [2.75, 3.05) is 18.4 Å². The highest BCUT2D eigenvalue weighted by atomic mass is 16.4. The predicted octanol–water partition coefficient (Wildman–Crippen LogP) is 3.61. The first-order chi connectivity index (χ1) is 12.5. The summed E-state index contributed by atoms with van der Waals surface area (Å²) in [5, 5.41) is 4.03. The second-order valence-corrected chi connectivity index (χ2v) is 7.75. The number of amides is 1. The summed E-state index contributed by atoms with van der Waals surface area (Å²) >= 11 is 0. The van der Waals surface area contributed by atoms with E-state index in [9.17, 15) is 9.59 Å². The number of aryl methyl sites for hydroxylation is 2. The molecule has 2 saturated heterocycles. The van der Waals surface area contributed by atoms with Crippen molar-refractivity contribution in [3.63, 3.8) is 0 Å². The van der Waals surface area contributed by atoms with Crippen LogP contribution in [-0.4, -0.2) is 29.9 Å². The van der Waals surface area contributed by atoms with Crippen LogP contribution in [0.4, 0.5) is 5.69 Å². The molecule has 0 bridgehead atoms. The van der Waals surface area contributed by atoms with Gasteiger partial charge in [-0.3, -0.25) is 9.69 Å². The first-order valence-electron chi connectivity index (χ1n) is 9.63. The Balaban J connectivity index is 1.61. The summed E-state index contributed by atoms with van der Waals surface area (Å²) in [6.07, 6.45) is 5.65. The van der Waals surface area contributed by atoms with E-state index in [0.717, 1.165) is 54.6 Å². The van der Waals surface area contributed by atoms with Crippen molar-refractivity contribution >= 4 is 22.6 Å². The summed E-state index contributed by atoms with van der Waals surface area (Å²) in [5.41, 5.74) is 2.82. The van der Waals surface area contributed by atoms with Crippen molar-refractivity contribution in [2.45, 2.75) is 52.0 Å². The van der Waals surface area contributed by atoms with Crippen molar-refractivity contribution in [3.8, 4) is 0 Å². The maximum absolute atomic E-state index is 13.0. The number of nitrogens with one attached hydrogen (secondary N) is 1. The van der Waals surface area contributed by atoms with Gasteiger partial charge in [0.2, 0.25) is 5.91 Å². The molecule has 0 radical (unpaired) electrons. The predicted molar refractivity (Wildman–Crippen MR) is 103 cm³/mol. The highest BCUT2D eigenvalue weighted by Crippen LogP contribution is 2.32. The number of fused-ring (bicyclic) bond motifs is 2. The van der Waals surface area contributed by atoms with Gasteiger partial charge in [-0.25, -0.2) is 4.79 Å². The molecule has 0 aliphatic carbocycles. The van der Waals surface area contributed by atoms with Crippen LogP contribution >= 0.6 is 0 Å². The number of piperidine rings is 2. The topological polar surface area (TPSA) is 62.6 Å². The van der Waals surface area contributed by atoms with Crippen molar-refractivity contribution in [1.82, 2.24) is 4.90 Å². The summed E-state index contributed by atoms with van der Waals surface area (Å²) in [6.45, 7) is 6.08. The molecule has 1 amide bonds. The molecule has 2 fully saturated rings. The van der Waals surface area contributed by atoms with Gasteiger partial charge in [0.25, 0.3) is 0 Å². The van der Waals surface area contributed by atoms with E-state index >= 15 is 0 Å². The van der Waals surface area contributed by atoms with Crippen LogP contribution in [0.1, 0.15) is 43.2 Å². The maximum Gasteiger partial charge on any atom is 0.336 e. The number of nitrogens with zero attached hydrogens (tertiary/aromatic N) is 1. The number of carbonyl (C=O) groups is 1. The zero-order valence-electron chi connectivity index (χ0n) is 15.5. The van der Waals surface area contributed by atoms with Gasteiger partial charge in [0, 0.05) is 23.2 Å². The number of benzene rings is 1. The normalized spacial score (nSPS) is 23.6. The third kappa shape index (κ3) is 3.16.